The molecule has 0 aliphatic carbocycles. The predicted octanol–water partition coefficient (Wildman–Crippen LogP) is 2.80. The standard InChI is InChI=1S/C17H17N3O2S/c1-23-14-7-5-13(6-8-14)20-11-12(10-16(20)21)17(22)19-15-4-2-3-9-18-15/h2-9,12H,10-11H2,1H3,(H,18,19,22). The topological polar surface area (TPSA) is 62.3 Å². The van der Waals surface area contributed by atoms with Crippen LogP contribution in [-0.2, 0) is 9.59 Å². The molecule has 1 aromatic heterocycles. The van der Waals surface area contributed by atoms with E-state index in [-0.39, 0.29) is 24.2 Å². The molecule has 5 nitrogen and oxygen atoms in total. The Morgan fingerprint density at radius 2 is 2.04 bits per heavy atom. The average Bonchev–Trinajstić information content (AvgIpc) is 2.98. The van der Waals surface area contributed by atoms with E-state index in [1.807, 2.05) is 36.6 Å². The number of thioether (sulfide) groups is 1. The van der Waals surface area contributed by atoms with E-state index in [2.05, 4.69) is 10.3 Å². The minimum atomic E-state index is -0.357. The van der Waals surface area contributed by atoms with Crippen LogP contribution in [0.15, 0.2) is 53.6 Å². The van der Waals surface area contributed by atoms with Crippen molar-refractivity contribution in [2.75, 3.05) is 23.0 Å². The van der Waals surface area contributed by atoms with Crippen molar-refractivity contribution in [3.63, 3.8) is 0 Å². The number of nitrogens with zero attached hydrogens (tertiary/aromatic N) is 2. The summed E-state index contributed by atoms with van der Waals surface area (Å²) in [6.07, 6.45) is 3.85. The molecule has 0 saturated carbocycles. The monoisotopic (exact) mass is 327 g/mol. The van der Waals surface area contributed by atoms with Crippen LogP contribution in [0.25, 0.3) is 0 Å². The van der Waals surface area contributed by atoms with Crippen LogP contribution in [0, 0.1) is 5.92 Å². The van der Waals surface area contributed by atoms with Crippen molar-refractivity contribution in [3.05, 3.63) is 48.7 Å². The molecular formula is C17H17N3O2S. The van der Waals surface area contributed by atoms with Crippen molar-refractivity contribution < 1.29 is 9.59 Å². The molecule has 1 N–H and O–H groups in total. The van der Waals surface area contributed by atoms with Crippen LogP contribution in [0.2, 0.25) is 0 Å². The van der Waals surface area contributed by atoms with Gasteiger partial charge in [0.05, 0.1) is 5.92 Å². The van der Waals surface area contributed by atoms with E-state index in [9.17, 15) is 9.59 Å². The molecule has 1 aliphatic heterocycles. The van der Waals surface area contributed by atoms with Gasteiger partial charge in [0, 0.05) is 29.7 Å². The lowest BCUT2D eigenvalue weighted by Gasteiger charge is -2.17. The molecule has 23 heavy (non-hydrogen) atoms. The lowest BCUT2D eigenvalue weighted by atomic mass is 10.1. The fraction of sp³-hybridized carbons (Fsp3) is 0.235. The molecule has 2 aromatic rings. The van der Waals surface area contributed by atoms with Crippen molar-refractivity contribution in [2.24, 2.45) is 5.92 Å². The number of anilines is 2. The highest BCUT2D eigenvalue weighted by molar-refractivity contribution is 7.98. The van der Waals surface area contributed by atoms with Gasteiger partial charge in [-0.05, 0) is 42.7 Å². The fourth-order valence-corrected chi connectivity index (χ4v) is 2.97. The molecule has 2 amide bonds. The second-order valence-corrected chi connectivity index (χ2v) is 6.19. The van der Waals surface area contributed by atoms with E-state index in [1.165, 1.54) is 0 Å². The number of benzene rings is 1. The van der Waals surface area contributed by atoms with Crippen LogP contribution in [0.3, 0.4) is 0 Å². The van der Waals surface area contributed by atoms with Gasteiger partial charge in [0.2, 0.25) is 11.8 Å². The third-order valence-electron chi connectivity index (χ3n) is 3.80. The summed E-state index contributed by atoms with van der Waals surface area (Å²) >= 11 is 1.65. The van der Waals surface area contributed by atoms with Crippen LogP contribution in [0.5, 0.6) is 0 Å². The third-order valence-corrected chi connectivity index (χ3v) is 4.54. The van der Waals surface area contributed by atoms with E-state index < -0.39 is 0 Å². The zero-order valence-electron chi connectivity index (χ0n) is 12.7. The molecule has 6 heteroatoms. The van der Waals surface area contributed by atoms with Gasteiger partial charge < -0.3 is 10.2 Å². The Balaban J connectivity index is 1.67. The maximum atomic E-state index is 12.3. The smallest absolute Gasteiger partial charge is 0.230 e. The van der Waals surface area contributed by atoms with Crippen molar-refractivity contribution in [1.29, 1.82) is 0 Å². The van der Waals surface area contributed by atoms with E-state index in [0.29, 0.717) is 12.4 Å². The number of nitrogens with one attached hydrogen (secondary N) is 1. The number of carbonyl (C=O) groups excluding carboxylic acids is 2. The Bertz CT molecular complexity index is 704. The molecule has 1 aromatic carbocycles. The van der Waals surface area contributed by atoms with Gasteiger partial charge in [0.25, 0.3) is 0 Å². The Morgan fingerprint density at radius 3 is 2.70 bits per heavy atom. The second-order valence-electron chi connectivity index (χ2n) is 5.31. The maximum absolute atomic E-state index is 12.3. The number of carbonyl (C=O) groups is 2. The van der Waals surface area contributed by atoms with Gasteiger partial charge in [-0.1, -0.05) is 6.07 Å². The number of hydrogen-bond donors (Lipinski definition) is 1. The third kappa shape index (κ3) is 3.53. The van der Waals surface area contributed by atoms with E-state index in [1.54, 1.807) is 35.0 Å². The Labute approximate surface area is 139 Å². The molecule has 2 heterocycles. The number of amides is 2. The van der Waals surface area contributed by atoms with Crippen molar-refractivity contribution >= 4 is 35.1 Å². The summed E-state index contributed by atoms with van der Waals surface area (Å²) in [5.41, 5.74) is 0.834. The van der Waals surface area contributed by atoms with Gasteiger partial charge in [-0.2, -0.15) is 0 Å². The van der Waals surface area contributed by atoms with Gasteiger partial charge in [0.15, 0.2) is 0 Å². The SMILES string of the molecule is CSc1ccc(N2CC(C(=O)Nc3ccccn3)CC2=O)cc1. The van der Waals surface area contributed by atoms with E-state index >= 15 is 0 Å². The van der Waals surface area contributed by atoms with Gasteiger partial charge >= 0.3 is 0 Å². The number of aromatic nitrogens is 1. The largest absolute Gasteiger partial charge is 0.312 e. The van der Waals surface area contributed by atoms with E-state index in [0.717, 1.165) is 10.6 Å². The van der Waals surface area contributed by atoms with Gasteiger partial charge in [0.1, 0.15) is 5.82 Å². The fourth-order valence-electron chi connectivity index (χ4n) is 2.56. The minimum Gasteiger partial charge on any atom is -0.312 e. The summed E-state index contributed by atoms with van der Waals surface area (Å²) in [4.78, 5) is 31.4. The zero-order valence-corrected chi connectivity index (χ0v) is 13.5. The quantitative estimate of drug-likeness (QED) is 0.877. The van der Waals surface area contributed by atoms with Gasteiger partial charge in [-0.3, -0.25) is 9.59 Å². The Morgan fingerprint density at radius 1 is 1.26 bits per heavy atom. The molecule has 0 radical (unpaired) electrons. The second kappa shape index (κ2) is 6.83. The molecule has 118 valence electrons. The first-order valence-electron chi connectivity index (χ1n) is 7.33. The highest BCUT2D eigenvalue weighted by atomic mass is 32.2. The van der Waals surface area contributed by atoms with Crippen LogP contribution < -0.4 is 10.2 Å². The van der Waals surface area contributed by atoms with Crippen molar-refractivity contribution in [2.45, 2.75) is 11.3 Å². The summed E-state index contributed by atoms with van der Waals surface area (Å²) in [7, 11) is 0. The normalized spacial score (nSPS) is 17.3. The highest BCUT2D eigenvalue weighted by Gasteiger charge is 2.35. The van der Waals surface area contributed by atoms with Crippen LogP contribution >= 0.6 is 11.8 Å². The first kappa shape index (κ1) is 15.6. The Kier molecular flexibility index (Phi) is 4.62. The molecule has 3 rings (SSSR count). The summed E-state index contributed by atoms with van der Waals surface area (Å²) in [6.45, 7) is 0.399. The number of hydrogen-bond acceptors (Lipinski definition) is 4. The molecule has 1 atom stereocenters. The first-order valence-corrected chi connectivity index (χ1v) is 8.56. The number of pyridine rings is 1. The zero-order chi connectivity index (χ0) is 16.2. The van der Waals surface area contributed by atoms with Gasteiger partial charge in [-0.25, -0.2) is 4.98 Å². The van der Waals surface area contributed by atoms with E-state index in [4.69, 9.17) is 0 Å². The first-order chi connectivity index (χ1) is 11.2. The van der Waals surface area contributed by atoms with Gasteiger partial charge in [-0.15, -0.1) is 11.8 Å². The molecular weight excluding hydrogens is 310 g/mol. The summed E-state index contributed by atoms with van der Waals surface area (Å²) in [5, 5.41) is 2.76. The lowest BCUT2D eigenvalue weighted by Crippen LogP contribution is -2.28. The summed E-state index contributed by atoms with van der Waals surface area (Å²) in [6, 6.07) is 13.1. The number of rotatable bonds is 4. The van der Waals surface area contributed by atoms with Crippen molar-refractivity contribution in [3.8, 4) is 0 Å². The van der Waals surface area contributed by atoms with Crippen LogP contribution in [-0.4, -0.2) is 29.6 Å². The molecule has 1 aliphatic rings. The van der Waals surface area contributed by atoms with Crippen LogP contribution in [0.4, 0.5) is 11.5 Å². The summed E-state index contributed by atoms with van der Waals surface area (Å²) < 4.78 is 0. The molecule has 1 unspecified atom stereocenters. The predicted molar refractivity (Wildman–Crippen MR) is 91.5 cm³/mol. The van der Waals surface area contributed by atoms with Crippen LogP contribution in [0.1, 0.15) is 6.42 Å². The lowest BCUT2D eigenvalue weighted by molar-refractivity contribution is -0.122. The van der Waals surface area contributed by atoms with Crippen molar-refractivity contribution in [1.82, 2.24) is 4.98 Å². The maximum Gasteiger partial charge on any atom is 0.230 e. The average molecular weight is 327 g/mol. The highest BCUT2D eigenvalue weighted by Crippen LogP contribution is 2.27. The molecule has 0 bridgehead atoms. The Hall–Kier alpha value is -2.34. The minimum absolute atomic E-state index is 0.0249. The molecule has 1 fully saturated rings. The summed E-state index contributed by atoms with van der Waals surface area (Å²) in [5.74, 6) is -0.0409. The molecule has 0 spiro atoms. The molecule has 1 saturated heterocycles.